The van der Waals surface area contributed by atoms with Crippen LogP contribution in [0.25, 0.3) is 0 Å². The maximum atomic E-state index is 12.4. The SMILES string of the molecule is CC(C)(C)OC(=O)NCCC(=O)N=C1S[C@@H]2CS(=O)(=O)C[C@H]2N1Cc1ccc(Cl)cc1. The summed E-state index contributed by atoms with van der Waals surface area (Å²) < 4.78 is 29.3. The van der Waals surface area contributed by atoms with E-state index in [4.69, 9.17) is 16.3 Å². The number of alkyl carbamates (subject to hydrolysis) is 1. The molecule has 2 atom stereocenters. The van der Waals surface area contributed by atoms with E-state index in [0.717, 1.165) is 5.56 Å². The minimum absolute atomic E-state index is 0.0196. The molecule has 0 aromatic heterocycles. The molecule has 0 radical (unpaired) electrons. The number of hydrogen-bond donors (Lipinski definition) is 1. The first-order chi connectivity index (χ1) is 14.4. The molecule has 0 aliphatic carbocycles. The number of ether oxygens (including phenoxy) is 1. The molecule has 8 nitrogen and oxygen atoms in total. The van der Waals surface area contributed by atoms with E-state index in [1.807, 2.05) is 17.0 Å². The van der Waals surface area contributed by atoms with Crippen LogP contribution in [0.3, 0.4) is 0 Å². The molecule has 1 N–H and O–H groups in total. The number of rotatable bonds is 5. The molecule has 2 aliphatic rings. The number of amides is 2. The lowest BCUT2D eigenvalue weighted by Crippen LogP contribution is -2.37. The summed E-state index contributed by atoms with van der Waals surface area (Å²) in [7, 11) is -3.11. The highest BCUT2D eigenvalue weighted by Gasteiger charge is 2.48. The largest absolute Gasteiger partial charge is 0.444 e. The fourth-order valence-electron chi connectivity index (χ4n) is 3.36. The van der Waals surface area contributed by atoms with Crippen molar-refractivity contribution in [3.05, 3.63) is 34.9 Å². The lowest BCUT2D eigenvalue weighted by atomic mass is 10.1. The van der Waals surface area contributed by atoms with Gasteiger partial charge in [-0.3, -0.25) is 4.79 Å². The molecule has 2 saturated heterocycles. The van der Waals surface area contributed by atoms with Crippen LogP contribution in [-0.4, -0.2) is 65.4 Å². The van der Waals surface area contributed by atoms with Crippen molar-refractivity contribution >= 4 is 50.4 Å². The van der Waals surface area contributed by atoms with E-state index in [9.17, 15) is 18.0 Å². The van der Waals surface area contributed by atoms with E-state index >= 15 is 0 Å². The number of aliphatic imine (C=N–C) groups is 1. The number of halogens is 1. The van der Waals surface area contributed by atoms with Crippen LogP contribution in [0.4, 0.5) is 4.79 Å². The van der Waals surface area contributed by atoms with E-state index in [-0.39, 0.29) is 41.7 Å². The van der Waals surface area contributed by atoms with Crippen molar-refractivity contribution in [3.8, 4) is 0 Å². The molecule has 2 amide bonds. The predicted octanol–water partition coefficient (Wildman–Crippen LogP) is 2.85. The summed E-state index contributed by atoms with van der Waals surface area (Å²) in [6, 6.07) is 7.06. The Bertz CT molecular complexity index is 974. The van der Waals surface area contributed by atoms with Gasteiger partial charge in [0.2, 0.25) is 5.91 Å². The number of thioether (sulfide) groups is 1. The van der Waals surface area contributed by atoms with Gasteiger partial charge in [-0.25, -0.2) is 13.2 Å². The lowest BCUT2D eigenvalue weighted by molar-refractivity contribution is -0.117. The van der Waals surface area contributed by atoms with Crippen LogP contribution >= 0.6 is 23.4 Å². The van der Waals surface area contributed by atoms with E-state index < -0.39 is 21.5 Å². The molecule has 2 aliphatic heterocycles. The zero-order valence-electron chi connectivity index (χ0n) is 17.6. The van der Waals surface area contributed by atoms with Gasteiger partial charge in [-0.15, -0.1) is 0 Å². The van der Waals surface area contributed by atoms with Crippen LogP contribution in [0.5, 0.6) is 0 Å². The third-order valence-corrected chi connectivity index (χ3v) is 8.17. The summed E-state index contributed by atoms with van der Waals surface area (Å²) in [6.45, 7) is 5.81. The Kier molecular flexibility index (Phi) is 7.22. The zero-order valence-corrected chi connectivity index (χ0v) is 20.0. The number of amidine groups is 1. The monoisotopic (exact) mass is 487 g/mol. The number of nitrogens with zero attached hydrogens (tertiary/aromatic N) is 2. The highest BCUT2D eigenvalue weighted by atomic mass is 35.5. The first-order valence-corrected chi connectivity index (χ1v) is 13.0. The fraction of sp³-hybridized carbons (Fsp3) is 0.550. The fourth-order valence-corrected chi connectivity index (χ4v) is 7.45. The van der Waals surface area contributed by atoms with Crippen molar-refractivity contribution in [1.29, 1.82) is 0 Å². The van der Waals surface area contributed by atoms with E-state index in [1.165, 1.54) is 11.8 Å². The van der Waals surface area contributed by atoms with Gasteiger partial charge in [-0.1, -0.05) is 35.5 Å². The van der Waals surface area contributed by atoms with Crippen molar-refractivity contribution in [1.82, 2.24) is 10.2 Å². The van der Waals surface area contributed by atoms with E-state index in [0.29, 0.717) is 16.7 Å². The van der Waals surface area contributed by atoms with Crippen LogP contribution in [0.2, 0.25) is 5.02 Å². The Morgan fingerprint density at radius 2 is 1.94 bits per heavy atom. The number of nitrogens with one attached hydrogen (secondary N) is 1. The van der Waals surface area contributed by atoms with Crippen LogP contribution in [0.15, 0.2) is 29.3 Å². The standard InChI is InChI=1S/C20H26ClN3O5S2/c1-20(2,3)29-19(26)22-9-8-17(25)23-18-24(10-13-4-6-14(21)7-5-13)15-11-31(27,28)12-16(15)30-18/h4-7,15-16H,8-12H2,1-3H3,(H,22,26)/t15-,16-/m1/s1. The average Bonchev–Trinajstić information content (AvgIpc) is 3.07. The number of carbonyl (C=O) groups is 2. The smallest absolute Gasteiger partial charge is 0.407 e. The van der Waals surface area contributed by atoms with Gasteiger partial charge in [0, 0.05) is 29.8 Å². The summed E-state index contributed by atoms with van der Waals surface area (Å²) in [5.41, 5.74) is 0.330. The Labute approximate surface area is 191 Å². The molecule has 2 fully saturated rings. The van der Waals surface area contributed by atoms with Crippen molar-refractivity contribution in [3.63, 3.8) is 0 Å². The molecule has 31 heavy (non-hydrogen) atoms. The molecule has 11 heteroatoms. The summed E-state index contributed by atoms with van der Waals surface area (Å²) >= 11 is 7.28. The summed E-state index contributed by atoms with van der Waals surface area (Å²) in [5, 5.41) is 3.52. The van der Waals surface area contributed by atoms with Gasteiger partial charge in [0.25, 0.3) is 0 Å². The highest BCUT2D eigenvalue weighted by Crippen LogP contribution is 2.39. The molecule has 1 aromatic carbocycles. The molecule has 170 valence electrons. The number of hydrogen-bond acceptors (Lipinski definition) is 6. The van der Waals surface area contributed by atoms with Crippen LogP contribution in [0.1, 0.15) is 32.8 Å². The van der Waals surface area contributed by atoms with Gasteiger partial charge in [-0.2, -0.15) is 4.99 Å². The van der Waals surface area contributed by atoms with Crippen LogP contribution in [-0.2, 0) is 25.9 Å². The van der Waals surface area contributed by atoms with Crippen molar-refractivity contribution in [2.45, 2.75) is 50.6 Å². The molecule has 0 saturated carbocycles. The van der Waals surface area contributed by atoms with Gasteiger partial charge in [0.15, 0.2) is 15.0 Å². The lowest BCUT2D eigenvalue weighted by Gasteiger charge is -2.24. The molecule has 3 rings (SSSR count). The third-order valence-electron chi connectivity index (χ3n) is 4.67. The number of carbonyl (C=O) groups excluding carboxylic acids is 2. The minimum Gasteiger partial charge on any atom is -0.444 e. The summed E-state index contributed by atoms with van der Waals surface area (Å²) in [4.78, 5) is 30.2. The van der Waals surface area contributed by atoms with Gasteiger partial charge in [-0.05, 0) is 38.5 Å². The topological polar surface area (TPSA) is 105 Å². The molecule has 0 spiro atoms. The van der Waals surface area contributed by atoms with Crippen molar-refractivity contribution < 1.29 is 22.7 Å². The predicted molar refractivity (Wildman–Crippen MR) is 122 cm³/mol. The number of benzene rings is 1. The Balaban J connectivity index is 1.66. The normalized spacial score (nSPS) is 23.6. The second-order valence-electron chi connectivity index (χ2n) is 8.52. The molecule has 1 aromatic rings. The van der Waals surface area contributed by atoms with Crippen molar-refractivity contribution in [2.24, 2.45) is 4.99 Å². The highest BCUT2D eigenvalue weighted by molar-refractivity contribution is 8.15. The first-order valence-electron chi connectivity index (χ1n) is 9.88. The van der Waals surface area contributed by atoms with Gasteiger partial charge in [0.1, 0.15) is 5.60 Å². The minimum atomic E-state index is -3.11. The van der Waals surface area contributed by atoms with Gasteiger partial charge < -0.3 is 15.0 Å². The zero-order chi connectivity index (χ0) is 22.8. The van der Waals surface area contributed by atoms with E-state index in [1.54, 1.807) is 32.9 Å². The summed E-state index contributed by atoms with van der Waals surface area (Å²) in [5.74, 6) is -0.263. The van der Waals surface area contributed by atoms with Crippen LogP contribution in [0, 0.1) is 0 Å². The molecule has 0 unspecified atom stereocenters. The Morgan fingerprint density at radius 1 is 1.26 bits per heavy atom. The Morgan fingerprint density at radius 3 is 2.58 bits per heavy atom. The number of sulfone groups is 1. The second kappa shape index (κ2) is 9.38. The van der Waals surface area contributed by atoms with E-state index in [2.05, 4.69) is 10.3 Å². The second-order valence-corrected chi connectivity index (χ2v) is 12.3. The molecular formula is C20H26ClN3O5S2. The third kappa shape index (κ3) is 6.85. The maximum Gasteiger partial charge on any atom is 0.407 e. The quantitative estimate of drug-likeness (QED) is 0.680. The van der Waals surface area contributed by atoms with Crippen LogP contribution < -0.4 is 5.32 Å². The molecule has 2 heterocycles. The summed E-state index contributed by atoms with van der Waals surface area (Å²) in [6.07, 6.45) is -0.571. The Hall–Kier alpha value is -1.78. The van der Waals surface area contributed by atoms with Gasteiger partial charge in [0.05, 0.1) is 17.5 Å². The molecular weight excluding hydrogens is 462 g/mol. The van der Waals surface area contributed by atoms with Gasteiger partial charge >= 0.3 is 6.09 Å². The maximum absolute atomic E-state index is 12.4. The molecule has 0 bridgehead atoms. The average molecular weight is 488 g/mol. The first kappa shape index (κ1) is 23.9. The number of fused-ring (bicyclic) bond motifs is 1. The van der Waals surface area contributed by atoms with Crippen molar-refractivity contribution in [2.75, 3.05) is 18.1 Å².